The Hall–Kier alpha value is -2.72. The average Bonchev–Trinajstić information content (AvgIpc) is 3.16. The Morgan fingerprint density at radius 2 is 2.00 bits per heavy atom. The van der Waals surface area contributed by atoms with E-state index in [0.717, 1.165) is 0 Å². The predicted molar refractivity (Wildman–Crippen MR) is 93.2 cm³/mol. The van der Waals surface area contributed by atoms with Gasteiger partial charge in [0, 0.05) is 31.4 Å². The maximum absolute atomic E-state index is 12.6. The van der Waals surface area contributed by atoms with Gasteiger partial charge < -0.3 is 14.8 Å². The van der Waals surface area contributed by atoms with E-state index in [1.807, 2.05) is 0 Å². The number of aromatic carboxylic acids is 1. The van der Waals surface area contributed by atoms with E-state index in [9.17, 15) is 18.0 Å². The monoisotopic (exact) mass is 393 g/mol. The first kappa shape index (κ1) is 19.1. The number of carbonyl (C=O) groups is 2. The molecule has 10 heteroatoms. The highest BCUT2D eigenvalue weighted by atomic mass is 32.2. The van der Waals surface area contributed by atoms with Crippen LogP contribution in [0.5, 0.6) is 0 Å². The van der Waals surface area contributed by atoms with E-state index >= 15 is 0 Å². The number of furan rings is 1. The normalized spacial score (nSPS) is 16.1. The van der Waals surface area contributed by atoms with Crippen LogP contribution in [0, 0.1) is 5.92 Å². The molecule has 1 fully saturated rings. The summed E-state index contributed by atoms with van der Waals surface area (Å²) in [5.41, 5.74) is 0. The maximum atomic E-state index is 12.6. The minimum atomic E-state index is -3.60. The van der Waals surface area contributed by atoms with Crippen LogP contribution in [0.2, 0.25) is 0 Å². The van der Waals surface area contributed by atoms with Crippen LogP contribution in [0.15, 0.2) is 46.0 Å². The minimum Gasteiger partial charge on any atom is -0.475 e. The van der Waals surface area contributed by atoms with Crippen LogP contribution in [0.1, 0.15) is 29.2 Å². The molecule has 0 aliphatic carbocycles. The standard InChI is InChI=1S/C17H19N3O6S/c21-16(19-10-13-3-4-15(26-13)17(22)23)12-5-8-20(9-6-12)27(24,25)14-2-1-7-18-11-14/h1-4,7,11-12H,5-6,8-10H2,(H,19,21)(H,22,23). The van der Waals surface area contributed by atoms with E-state index < -0.39 is 16.0 Å². The number of piperidine rings is 1. The highest BCUT2D eigenvalue weighted by Crippen LogP contribution is 2.23. The number of nitrogens with one attached hydrogen (secondary N) is 1. The molecule has 0 atom stereocenters. The van der Waals surface area contributed by atoms with Crippen LogP contribution < -0.4 is 5.32 Å². The van der Waals surface area contributed by atoms with Crippen molar-refractivity contribution in [1.82, 2.24) is 14.6 Å². The van der Waals surface area contributed by atoms with Crippen LogP contribution in [-0.4, -0.2) is 47.8 Å². The quantitative estimate of drug-likeness (QED) is 0.751. The number of amides is 1. The number of nitrogens with zero attached hydrogens (tertiary/aromatic N) is 2. The molecular weight excluding hydrogens is 374 g/mol. The summed E-state index contributed by atoms with van der Waals surface area (Å²) in [5, 5.41) is 11.5. The Balaban J connectivity index is 1.52. The van der Waals surface area contributed by atoms with E-state index in [0.29, 0.717) is 18.6 Å². The number of pyridine rings is 1. The molecule has 0 aromatic carbocycles. The summed E-state index contributed by atoms with van der Waals surface area (Å²) in [6.45, 7) is 0.582. The van der Waals surface area contributed by atoms with Gasteiger partial charge in [0.15, 0.2) is 0 Å². The first-order valence-corrected chi connectivity index (χ1v) is 9.82. The number of sulfonamides is 1. The Labute approximate surface area is 156 Å². The third-order valence-electron chi connectivity index (χ3n) is 4.41. The molecule has 1 aliphatic rings. The van der Waals surface area contributed by atoms with Crippen molar-refractivity contribution in [2.24, 2.45) is 5.92 Å². The molecule has 0 bridgehead atoms. The molecule has 27 heavy (non-hydrogen) atoms. The number of aromatic nitrogens is 1. The molecule has 1 saturated heterocycles. The molecule has 0 unspecified atom stereocenters. The Kier molecular flexibility index (Phi) is 5.57. The first-order valence-electron chi connectivity index (χ1n) is 8.38. The van der Waals surface area contributed by atoms with Gasteiger partial charge in [0.25, 0.3) is 0 Å². The van der Waals surface area contributed by atoms with Crippen LogP contribution in [-0.2, 0) is 21.4 Å². The fourth-order valence-electron chi connectivity index (χ4n) is 2.91. The highest BCUT2D eigenvalue weighted by Gasteiger charge is 2.32. The van der Waals surface area contributed by atoms with Crippen molar-refractivity contribution in [3.8, 4) is 0 Å². The van der Waals surface area contributed by atoms with Crippen molar-refractivity contribution in [2.75, 3.05) is 13.1 Å². The van der Waals surface area contributed by atoms with Crippen LogP contribution in [0.3, 0.4) is 0 Å². The molecule has 0 spiro atoms. The molecule has 3 heterocycles. The van der Waals surface area contributed by atoms with Crippen LogP contribution in [0.4, 0.5) is 0 Å². The van der Waals surface area contributed by atoms with Gasteiger partial charge in [0.1, 0.15) is 10.7 Å². The summed E-state index contributed by atoms with van der Waals surface area (Å²) in [6, 6.07) is 5.88. The summed E-state index contributed by atoms with van der Waals surface area (Å²) < 4.78 is 31.6. The largest absolute Gasteiger partial charge is 0.475 e. The Bertz CT molecular complexity index is 917. The van der Waals surface area contributed by atoms with Crippen LogP contribution >= 0.6 is 0 Å². The second-order valence-corrected chi connectivity index (χ2v) is 8.09. The minimum absolute atomic E-state index is 0.0836. The zero-order valence-electron chi connectivity index (χ0n) is 14.4. The number of hydrogen-bond donors (Lipinski definition) is 2. The molecule has 2 aromatic rings. The predicted octanol–water partition coefficient (Wildman–Crippen LogP) is 1.09. The SMILES string of the molecule is O=C(O)c1ccc(CNC(=O)C2CCN(S(=O)(=O)c3cccnc3)CC2)o1. The van der Waals surface area contributed by atoms with Gasteiger partial charge in [-0.2, -0.15) is 4.31 Å². The Morgan fingerprint density at radius 3 is 2.59 bits per heavy atom. The van der Waals surface area contributed by atoms with Gasteiger partial charge in [0.05, 0.1) is 6.54 Å². The van der Waals surface area contributed by atoms with E-state index in [2.05, 4.69) is 10.3 Å². The van der Waals surface area contributed by atoms with Gasteiger partial charge in [-0.05, 0) is 37.1 Å². The number of rotatable bonds is 6. The first-order chi connectivity index (χ1) is 12.9. The smallest absolute Gasteiger partial charge is 0.371 e. The Morgan fingerprint density at radius 1 is 1.26 bits per heavy atom. The molecular formula is C17H19N3O6S. The molecule has 3 rings (SSSR count). The molecule has 2 N–H and O–H groups in total. The average molecular weight is 393 g/mol. The molecule has 9 nitrogen and oxygen atoms in total. The lowest BCUT2D eigenvalue weighted by molar-refractivity contribution is -0.126. The number of carboxylic acid groups (broad SMARTS) is 1. The fourth-order valence-corrected chi connectivity index (χ4v) is 4.35. The van der Waals surface area contributed by atoms with Gasteiger partial charge in [-0.1, -0.05) is 0 Å². The number of carbonyl (C=O) groups excluding carboxylic acids is 1. The number of hydrogen-bond acceptors (Lipinski definition) is 6. The van der Waals surface area contributed by atoms with E-state index in [4.69, 9.17) is 9.52 Å². The molecule has 2 aromatic heterocycles. The van der Waals surface area contributed by atoms with E-state index in [-0.39, 0.29) is 42.1 Å². The molecule has 144 valence electrons. The van der Waals surface area contributed by atoms with Gasteiger partial charge in [-0.3, -0.25) is 9.78 Å². The molecule has 1 amide bonds. The zero-order valence-corrected chi connectivity index (χ0v) is 15.2. The second-order valence-electron chi connectivity index (χ2n) is 6.16. The summed E-state index contributed by atoms with van der Waals surface area (Å²) in [4.78, 5) is 27.0. The van der Waals surface area contributed by atoms with E-state index in [1.165, 1.54) is 34.9 Å². The highest BCUT2D eigenvalue weighted by molar-refractivity contribution is 7.89. The van der Waals surface area contributed by atoms with Crippen LogP contribution in [0.25, 0.3) is 0 Å². The third-order valence-corrected chi connectivity index (χ3v) is 6.29. The van der Waals surface area contributed by atoms with Crippen molar-refractivity contribution in [1.29, 1.82) is 0 Å². The summed E-state index contributed by atoms with van der Waals surface area (Å²) in [7, 11) is -3.60. The maximum Gasteiger partial charge on any atom is 0.371 e. The van der Waals surface area contributed by atoms with Gasteiger partial charge in [0.2, 0.25) is 21.7 Å². The van der Waals surface area contributed by atoms with Crippen molar-refractivity contribution in [3.63, 3.8) is 0 Å². The van der Waals surface area contributed by atoms with Crippen molar-refractivity contribution in [3.05, 3.63) is 48.2 Å². The van der Waals surface area contributed by atoms with Crippen molar-refractivity contribution >= 4 is 21.9 Å². The third kappa shape index (κ3) is 4.34. The number of carboxylic acids is 1. The molecule has 0 radical (unpaired) electrons. The van der Waals surface area contributed by atoms with E-state index in [1.54, 1.807) is 6.07 Å². The lowest BCUT2D eigenvalue weighted by Gasteiger charge is -2.30. The van der Waals surface area contributed by atoms with Gasteiger partial charge in [-0.25, -0.2) is 13.2 Å². The second kappa shape index (κ2) is 7.89. The van der Waals surface area contributed by atoms with Gasteiger partial charge in [-0.15, -0.1) is 0 Å². The molecule has 0 saturated carbocycles. The fraction of sp³-hybridized carbons (Fsp3) is 0.353. The summed E-state index contributed by atoms with van der Waals surface area (Å²) in [6.07, 6.45) is 3.63. The van der Waals surface area contributed by atoms with Gasteiger partial charge >= 0.3 is 5.97 Å². The van der Waals surface area contributed by atoms with Crippen molar-refractivity contribution < 1.29 is 27.5 Å². The summed E-state index contributed by atoms with van der Waals surface area (Å²) in [5.74, 6) is -1.53. The topological polar surface area (TPSA) is 130 Å². The summed E-state index contributed by atoms with van der Waals surface area (Å²) >= 11 is 0. The van der Waals surface area contributed by atoms with Crippen molar-refractivity contribution in [2.45, 2.75) is 24.3 Å². The lowest BCUT2D eigenvalue weighted by Crippen LogP contribution is -2.42. The lowest BCUT2D eigenvalue weighted by atomic mass is 9.97. The zero-order chi connectivity index (χ0) is 19.4. The molecule has 1 aliphatic heterocycles.